The number of benzene rings is 2. The normalized spacial score (nSPS) is 11.0. The van der Waals surface area contributed by atoms with Crippen molar-refractivity contribution < 1.29 is 14.3 Å². The molecule has 7 nitrogen and oxygen atoms in total. The van der Waals surface area contributed by atoms with Gasteiger partial charge in [-0.3, -0.25) is 13.9 Å². The van der Waals surface area contributed by atoms with E-state index in [1.54, 1.807) is 17.7 Å². The number of aromatic nitrogens is 2. The molecule has 0 bridgehead atoms. The number of methoxy groups -OCH3 is 1. The Balaban J connectivity index is 1.83. The number of amides is 1. The van der Waals surface area contributed by atoms with Crippen molar-refractivity contribution in [2.24, 2.45) is 0 Å². The number of ether oxygens (including phenoxy) is 2. The summed E-state index contributed by atoms with van der Waals surface area (Å²) in [7, 11) is 1.60. The molecular formula is C21H25N3O4. The van der Waals surface area contributed by atoms with E-state index in [0.29, 0.717) is 31.2 Å². The minimum Gasteiger partial charge on any atom is -0.489 e. The van der Waals surface area contributed by atoms with E-state index in [0.717, 1.165) is 16.6 Å². The molecule has 28 heavy (non-hydrogen) atoms. The first kappa shape index (κ1) is 19.7. The Morgan fingerprint density at radius 2 is 1.79 bits per heavy atom. The lowest BCUT2D eigenvalue weighted by molar-refractivity contribution is -0.116. The molecule has 1 N–H and O–H groups in total. The van der Waals surface area contributed by atoms with Crippen molar-refractivity contribution >= 4 is 22.6 Å². The SMILES string of the molecule is CCn1c(=O)n(CC(=O)Nc2ccc(C)cc2OCCOC)c2ccccc21. The first-order chi connectivity index (χ1) is 13.5. The molecule has 0 atom stereocenters. The fourth-order valence-electron chi connectivity index (χ4n) is 3.15. The molecule has 0 saturated carbocycles. The number of hydrogen-bond acceptors (Lipinski definition) is 4. The van der Waals surface area contributed by atoms with E-state index in [1.807, 2.05) is 50.2 Å². The van der Waals surface area contributed by atoms with E-state index in [9.17, 15) is 9.59 Å². The number of nitrogens with one attached hydrogen (secondary N) is 1. The summed E-state index contributed by atoms with van der Waals surface area (Å²) in [5.41, 5.74) is 2.96. The highest BCUT2D eigenvalue weighted by molar-refractivity contribution is 5.93. The molecule has 148 valence electrons. The van der Waals surface area contributed by atoms with Gasteiger partial charge in [-0.2, -0.15) is 0 Å². The van der Waals surface area contributed by atoms with Crippen LogP contribution in [0.25, 0.3) is 11.0 Å². The van der Waals surface area contributed by atoms with E-state index in [-0.39, 0.29) is 18.1 Å². The standard InChI is InChI=1S/C21H25N3O4/c1-4-23-17-7-5-6-8-18(17)24(21(23)26)14-20(25)22-16-10-9-15(2)13-19(16)28-12-11-27-3/h5-10,13H,4,11-12,14H2,1-3H3,(H,22,25). The monoisotopic (exact) mass is 383 g/mol. The Hall–Kier alpha value is -3.06. The smallest absolute Gasteiger partial charge is 0.329 e. The zero-order chi connectivity index (χ0) is 20.1. The number of nitrogens with zero attached hydrogens (tertiary/aromatic N) is 2. The second-order valence-electron chi connectivity index (χ2n) is 6.49. The molecule has 1 heterocycles. The number of carbonyl (C=O) groups is 1. The lowest BCUT2D eigenvalue weighted by Gasteiger charge is -2.13. The van der Waals surface area contributed by atoms with Gasteiger partial charge in [-0.25, -0.2) is 4.79 Å². The summed E-state index contributed by atoms with van der Waals surface area (Å²) in [5, 5.41) is 2.86. The number of fused-ring (bicyclic) bond motifs is 1. The Labute approximate surface area is 163 Å². The van der Waals surface area contributed by atoms with Crippen molar-refractivity contribution in [2.45, 2.75) is 26.9 Å². The van der Waals surface area contributed by atoms with Gasteiger partial charge in [-0.05, 0) is 43.7 Å². The van der Waals surface area contributed by atoms with Crippen LogP contribution in [0.15, 0.2) is 47.3 Å². The fourth-order valence-corrected chi connectivity index (χ4v) is 3.15. The van der Waals surface area contributed by atoms with E-state index in [1.165, 1.54) is 4.57 Å². The average Bonchev–Trinajstić information content (AvgIpc) is 2.95. The third-order valence-electron chi connectivity index (χ3n) is 4.50. The summed E-state index contributed by atoms with van der Waals surface area (Å²) in [6.07, 6.45) is 0. The number of imidazole rings is 1. The maximum absolute atomic E-state index is 12.7. The van der Waals surface area contributed by atoms with Crippen LogP contribution in [0.2, 0.25) is 0 Å². The zero-order valence-corrected chi connectivity index (χ0v) is 16.4. The highest BCUT2D eigenvalue weighted by Gasteiger charge is 2.15. The minimum absolute atomic E-state index is 0.0717. The van der Waals surface area contributed by atoms with Gasteiger partial charge in [0.05, 0.1) is 23.3 Å². The van der Waals surface area contributed by atoms with Gasteiger partial charge in [0.2, 0.25) is 5.91 Å². The minimum atomic E-state index is -0.290. The number of carbonyl (C=O) groups excluding carboxylic acids is 1. The molecule has 0 radical (unpaired) electrons. The molecule has 2 aromatic carbocycles. The summed E-state index contributed by atoms with van der Waals surface area (Å²) >= 11 is 0. The first-order valence-electron chi connectivity index (χ1n) is 9.25. The van der Waals surface area contributed by atoms with Crippen LogP contribution in [0.1, 0.15) is 12.5 Å². The summed E-state index contributed by atoms with van der Waals surface area (Å²) < 4.78 is 13.9. The van der Waals surface area contributed by atoms with Crippen LogP contribution < -0.4 is 15.7 Å². The number of anilines is 1. The molecule has 0 aliphatic carbocycles. The third kappa shape index (κ3) is 4.09. The van der Waals surface area contributed by atoms with Crippen molar-refractivity contribution in [3.8, 4) is 5.75 Å². The van der Waals surface area contributed by atoms with Crippen LogP contribution >= 0.6 is 0 Å². The van der Waals surface area contributed by atoms with E-state index in [4.69, 9.17) is 9.47 Å². The zero-order valence-electron chi connectivity index (χ0n) is 16.4. The van der Waals surface area contributed by atoms with E-state index in [2.05, 4.69) is 5.32 Å². The molecule has 0 aliphatic heterocycles. The number of para-hydroxylation sites is 2. The fraction of sp³-hybridized carbons (Fsp3) is 0.333. The van der Waals surface area contributed by atoms with Crippen LogP contribution in [0.3, 0.4) is 0 Å². The van der Waals surface area contributed by atoms with Gasteiger partial charge >= 0.3 is 5.69 Å². The predicted molar refractivity (Wildman–Crippen MR) is 109 cm³/mol. The van der Waals surface area contributed by atoms with Gasteiger partial charge in [-0.1, -0.05) is 18.2 Å². The molecule has 0 spiro atoms. The van der Waals surface area contributed by atoms with E-state index >= 15 is 0 Å². The van der Waals surface area contributed by atoms with Crippen molar-refractivity contribution in [2.75, 3.05) is 25.6 Å². The van der Waals surface area contributed by atoms with Gasteiger partial charge in [-0.15, -0.1) is 0 Å². The molecule has 0 unspecified atom stereocenters. The Bertz CT molecular complexity index is 1040. The lowest BCUT2D eigenvalue weighted by Crippen LogP contribution is -2.29. The highest BCUT2D eigenvalue weighted by Crippen LogP contribution is 2.26. The molecular weight excluding hydrogens is 358 g/mol. The van der Waals surface area contributed by atoms with Gasteiger partial charge < -0.3 is 14.8 Å². The number of hydrogen-bond donors (Lipinski definition) is 1. The maximum Gasteiger partial charge on any atom is 0.329 e. The molecule has 3 rings (SSSR count). The van der Waals surface area contributed by atoms with Crippen LogP contribution in [-0.4, -0.2) is 35.4 Å². The summed E-state index contributed by atoms with van der Waals surface area (Å²) in [4.78, 5) is 25.4. The first-order valence-corrected chi connectivity index (χ1v) is 9.25. The Kier molecular flexibility index (Phi) is 6.16. The van der Waals surface area contributed by atoms with Crippen LogP contribution in [0.5, 0.6) is 5.75 Å². The second kappa shape index (κ2) is 8.75. The number of rotatable bonds is 8. The van der Waals surface area contributed by atoms with Gasteiger partial charge in [0.1, 0.15) is 18.9 Å². The molecule has 1 aromatic heterocycles. The maximum atomic E-state index is 12.7. The van der Waals surface area contributed by atoms with Gasteiger partial charge in [0, 0.05) is 13.7 Å². The van der Waals surface area contributed by atoms with Crippen molar-refractivity contribution in [3.05, 3.63) is 58.5 Å². The molecule has 0 fully saturated rings. The molecule has 3 aromatic rings. The molecule has 0 saturated heterocycles. The summed E-state index contributed by atoms with van der Waals surface area (Å²) in [6.45, 7) is 5.17. The van der Waals surface area contributed by atoms with Crippen molar-refractivity contribution in [1.82, 2.24) is 9.13 Å². The van der Waals surface area contributed by atoms with Gasteiger partial charge in [0.15, 0.2) is 0 Å². The molecule has 1 amide bonds. The molecule has 7 heteroatoms. The van der Waals surface area contributed by atoms with Crippen LogP contribution in [0.4, 0.5) is 5.69 Å². The summed E-state index contributed by atoms with van der Waals surface area (Å²) in [5.74, 6) is 0.287. The van der Waals surface area contributed by atoms with Crippen molar-refractivity contribution in [3.63, 3.8) is 0 Å². The van der Waals surface area contributed by atoms with Crippen LogP contribution in [-0.2, 0) is 22.6 Å². The van der Waals surface area contributed by atoms with Gasteiger partial charge in [0.25, 0.3) is 0 Å². The Morgan fingerprint density at radius 1 is 1.07 bits per heavy atom. The number of aryl methyl sites for hydroxylation is 2. The quantitative estimate of drug-likeness (QED) is 0.607. The lowest BCUT2D eigenvalue weighted by atomic mass is 10.2. The van der Waals surface area contributed by atoms with Crippen molar-refractivity contribution in [1.29, 1.82) is 0 Å². The highest BCUT2D eigenvalue weighted by atomic mass is 16.5. The topological polar surface area (TPSA) is 74.5 Å². The third-order valence-corrected chi connectivity index (χ3v) is 4.50. The Morgan fingerprint density at radius 3 is 2.46 bits per heavy atom. The largest absolute Gasteiger partial charge is 0.489 e. The van der Waals surface area contributed by atoms with E-state index < -0.39 is 0 Å². The average molecular weight is 383 g/mol. The predicted octanol–water partition coefficient (Wildman–Crippen LogP) is 2.80. The van der Waals surface area contributed by atoms with Crippen LogP contribution in [0, 0.1) is 6.92 Å². The molecule has 0 aliphatic rings. The second-order valence-corrected chi connectivity index (χ2v) is 6.49. The summed E-state index contributed by atoms with van der Waals surface area (Å²) in [6, 6.07) is 13.0.